The number of carbonyl (C=O) groups excluding carboxylic acids is 2. The number of hydrogen-bond acceptors (Lipinski definition) is 5. The third-order valence-electron chi connectivity index (χ3n) is 3.46. The molecule has 0 spiro atoms. The van der Waals surface area contributed by atoms with Crippen LogP contribution in [0, 0.1) is 15.9 Å². The quantitative estimate of drug-likeness (QED) is 0.648. The minimum absolute atomic E-state index is 0.0502. The molecule has 2 rings (SSSR count). The zero-order chi connectivity index (χ0) is 19.3. The Labute approximate surface area is 148 Å². The Balaban J connectivity index is 2.11. The summed E-state index contributed by atoms with van der Waals surface area (Å²) < 4.78 is 18.2. The second kappa shape index (κ2) is 8.06. The van der Waals surface area contributed by atoms with Gasteiger partial charge in [-0.15, -0.1) is 0 Å². The van der Waals surface area contributed by atoms with Crippen molar-refractivity contribution >= 4 is 29.1 Å². The van der Waals surface area contributed by atoms with Gasteiger partial charge in [-0.25, -0.2) is 4.79 Å². The number of carbonyl (C=O) groups is 2. The molecule has 0 heterocycles. The highest BCUT2D eigenvalue weighted by atomic mass is 19.1. The standard InChI is InChI=1S/C17H16FN3O5/c1-3-26-17(23)20(2)13-7-5-12(6-8-13)19-16(22)11-4-9-14(18)15(10-11)21(24)25/h4-10H,3H2,1-2H3,(H,19,22). The summed E-state index contributed by atoms with van der Waals surface area (Å²) in [4.78, 5) is 35.0. The normalized spacial score (nSPS) is 10.1. The Morgan fingerprint density at radius 1 is 1.23 bits per heavy atom. The Morgan fingerprint density at radius 3 is 2.46 bits per heavy atom. The van der Waals surface area contributed by atoms with Gasteiger partial charge in [-0.3, -0.25) is 19.8 Å². The molecular weight excluding hydrogens is 345 g/mol. The number of nitro benzene ring substituents is 1. The van der Waals surface area contributed by atoms with Gasteiger partial charge in [0, 0.05) is 30.1 Å². The van der Waals surface area contributed by atoms with Crippen LogP contribution in [0.4, 0.5) is 26.2 Å². The molecule has 0 saturated heterocycles. The molecule has 0 fully saturated rings. The maximum atomic E-state index is 13.3. The van der Waals surface area contributed by atoms with Crippen molar-refractivity contribution in [3.8, 4) is 0 Å². The van der Waals surface area contributed by atoms with Gasteiger partial charge in [0.2, 0.25) is 5.82 Å². The van der Waals surface area contributed by atoms with Crippen LogP contribution in [0.15, 0.2) is 42.5 Å². The first-order valence-corrected chi connectivity index (χ1v) is 7.59. The van der Waals surface area contributed by atoms with Gasteiger partial charge in [0.15, 0.2) is 0 Å². The number of ether oxygens (including phenoxy) is 1. The fraction of sp³-hybridized carbons (Fsp3) is 0.176. The largest absolute Gasteiger partial charge is 0.449 e. The van der Waals surface area contributed by atoms with Gasteiger partial charge in [-0.2, -0.15) is 4.39 Å². The van der Waals surface area contributed by atoms with Crippen LogP contribution in [0.3, 0.4) is 0 Å². The van der Waals surface area contributed by atoms with Crippen LogP contribution >= 0.6 is 0 Å². The van der Waals surface area contributed by atoms with E-state index in [0.717, 1.165) is 18.2 Å². The first-order valence-electron chi connectivity index (χ1n) is 7.59. The molecule has 0 aromatic heterocycles. The van der Waals surface area contributed by atoms with Crippen LogP contribution in [-0.2, 0) is 4.74 Å². The van der Waals surface area contributed by atoms with Crippen molar-refractivity contribution < 1.29 is 23.6 Å². The average molecular weight is 361 g/mol. The molecule has 0 aliphatic heterocycles. The van der Waals surface area contributed by atoms with Gasteiger partial charge in [0.25, 0.3) is 5.91 Å². The van der Waals surface area contributed by atoms with E-state index >= 15 is 0 Å². The van der Waals surface area contributed by atoms with Crippen LogP contribution in [-0.4, -0.2) is 30.6 Å². The van der Waals surface area contributed by atoms with E-state index in [0.29, 0.717) is 11.4 Å². The van der Waals surface area contributed by atoms with E-state index in [1.807, 2.05) is 0 Å². The molecule has 2 aromatic rings. The second-order valence-electron chi connectivity index (χ2n) is 5.18. The number of amides is 2. The molecule has 0 unspecified atom stereocenters. The van der Waals surface area contributed by atoms with Gasteiger partial charge in [-0.1, -0.05) is 0 Å². The van der Waals surface area contributed by atoms with E-state index in [1.54, 1.807) is 38.2 Å². The van der Waals surface area contributed by atoms with Crippen molar-refractivity contribution in [2.75, 3.05) is 23.9 Å². The number of nitrogens with zero attached hydrogens (tertiary/aromatic N) is 2. The van der Waals surface area contributed by atoms with E-state index in [-0.39, 0.29) is 12.2 Å². The van der Waals surface area contributed by atoms with E-state index < -0.39 is 28.4 Å². The SMILES string of the molecule is CCOC(=O)N(C)c1ccc(NC(=O)c2ccc(F)c([N+](=O)[O-])c2)cc1. The highest BCUT2D eigenvalue weighted by molar-refractivity contribution is 6.04. The molecule has 8 nitrogen and oxygen atoms in total. The average Bonchev–Trinajstić information content (AvgIpc) is 2.62. The molecule has 0 saturated carbocycles. The van der Waals surface area contributed by atoms with E-state index in [1.165, 1.54) is 4.90 Å². The molecule has 26 heavy (non-hydrogen) atoms. The van der Waals surface area contributed by atoms with Crippen LogP contribution in [0.1, 0.15) is 17.3 Å². The molecule has 2 amide bonds. The van der Waals surface area contributed by atoms with Crippen molar-refractivity contribution in [1.29, 1.82) is 0 Å². The predicted octanol–water partition coefficient (Wildman–Crippen LogP) is 3.58. The van der Waals surface area contributed by atoms with Crippen molar-refractivity contribution in [1.82, 2.24) is 0 Å². The monoisotopic (exact) mass is 361 g/mol. The summed E-state index contributed by atoms with van der Waals surface area (Å²) in [6.07, 6.45) is -0.511. The lowest BCUT2D eigenvalue weighted by atomic mass is 10.1. The lowest BCUT2D eigenvalue weighted by molar-refractivity contribution is -0.387. The molecule has 136 valence electrons. The summed E-state index contributed by atoms with van der Waals surface area (Å²) in [7, 11) is 1.54. The summed E-state index contributed by atoms with van der Waals surface area (Å²) in [5, 5.41) is 13.3. The van der Waals surface area contributed by atoms with Crippen molar-refractivity contribution in [2.24, 2.45) is 0 Å². The number of nitrogens with one attached hydrogen (secondary N) is 1. The van der Waals surface area contributed by atoms with Gasteiger partial charge < -0.3 is 10.1 Å². The smallest absolute Gasteiger partial charge is 0.413 e. The number of nitro groups is 1. The Kier molecular flexibility index (Phi) is 5.84. The maximum Gasteiger partial charge on any atom is 0.413 e. The first-order chi connectivity index (χ1) is 12.3. The third-order valence-corrected chi connectivity index (χ3v) is 3.46. The second-order valence-corrected chi connectivity index (χ2v) is 5.18. The van der Waals surface area contributed by atoms with Crippen LogP contribution in [0.5, 0.6) is 0 Å². The van der Waals surface area contributed by atoms with Gasteiger partial charge in [0.05, 0.1) is 11.5 Å². The Bertz CT molecular complexity index is 839. The molecular formula is C17H16FN3O5. The maximum absolute atomic E-state index is 13.3. The van der Waals surface area contributed by atoms with E-state index in [4.69, 9.17) is 4.74 Å². The number of halogens is 1. The summed E-state index contributed by atoms with van der Waals surface area (Å²) in [5.41, 5.74) is 0.136. The van der Waals surface area contributed by atoms with Crippen molar-refractivity contribution in [3.05, 3.63) is 64.0 Å². The summed E-state index contributed by atoms with van der Waals surface area (Å²) in [6, 6.07) is 9.19. The minimum Gasteiger partial charge on any atom is -0.449 e. The van der Waals surface area contributed by atoms with Crippen molar-refractivity contribution in [2.45, 2.75) is 6.92 Å². The predicted molar refractivity (Wildman–Crippen MR) is 92.9 cm³/mol. The first kappa shape index (κ1) is 18.8. The summed E-state index contributed by atoms with van der Waals surface area (Å²) in [6.45, 7) is 1.95. The van der Waals surface area contributed by atoms with E-state index in [2.05, 4.69) is 5.32 Å². The zero-order valence-electron chi connectivity index (χ0n) is 14.1. The summed E-state index contributed by atoms with van der Waals surface area (Å²) >= 11 is 0. The van der Waals surface area contributed by atoms with Crippen LogP contribution < -0.4 is 10.2 Å². The number of rotatable bonds is 5. The lowest BCUT2D eigenvalue weighted by Gasteiger charge is -2.17. The molecule has 0 radical (unpaired) electrons. The van der Waals surface area contributed by atoms with Crippen LogP contribution in [0.25, 0.3) is 0 Å². The number of anilines is 2. The molecule has 0 aliphatic carbocycles. The van der Waals surface area contributed by atoms with E-state index in [9.17, 15) is 24.1 Å². The minimum atomic E-state index is -1.02. The van der Waals surface area contributed by atoms with Crippen LogP contribution in [0.2, 0.25) is 0 Å². The Hall–Kier alpha value is -3.49. The van der Waals surface area contributed by atoms with Crippen molar-refractivity contribution in [3.63, 3.8) is 0 Å². The third kappa shape index (κ3) is 4.32. The highest BCUT2D eigenvalue weighted by Gasteiger charge is 2.18. The molecule has 1 N–H and O–H groups in total. The fourth-order valence-corrected chi connectivity index (χ4v) is 2.09. The van der Waals surface area contributed by atoms with Gasteiger partial charge in [0.1, 0.15) is 0 Å². The number of hydrogen-bond donors (Lipinski definition) is 1. The zero-order valence-corrected chi connectivity index (χ0v) is 14.1. The molecule has 0 aliphatic rings. The van der Waals surface area contributed by atoms with Gasteiger partial charge in [-0.05, 0) is 43.3 Å². The molecule has 9 heteroatoms. The van der Waals surface area contributed by atoms with Gasteiger partial charge >= 0.3 is 11.8 Å². The Morgan fingerprint density at radius 2 is 1.88 bits per heavy atom. The lowest BCUT2D eigenvalue weighted by Crippen LogP contribution is -2.26. The number of benzene rings is 2. The molecule has 0 atom stereocenters. The molecule has 0 bridgehead atoms. The summed E-state index contributed by atoms with van der Waals surface area (Å²) in [5.74, 6) is -1.64. The highest BCUT2D eigenvalue weighted by Crippen LogP contribution is 2.21. The molecule has 2 aromatic carbocycles. The topological polar surface area (TPSA) is 102 Å². The fourth-order valence-electron chi connectivity index (χ4n) is 2.09.